The van der Waals surface area contributed by atoms with E-state index in [-0.39, 0.29) is 17.5 Å². The van der Waals surface area contributed by atoms with E-state index in [9.17, 15) is 20.0 Å². The van der Waals surface area contributed by atoms with Crippen LogP contribution in [-0.2, 0) is 0 Å². The topological polar surface area (TPSA) is 83.7 Å². The highest BCUT2D eigenvalue weighted by atomic mass is 16.6. The van der Waals surface area contributed by atoms with Crippen molar-refractivity contribution in [3.8, 4) is 0 Å². The van der Waals surface area contributed by atoms with Gasteiger partial charge in [0.15, 0.2) is 0 Å². The number of carbonyl (C=O) groups excluding carboxylic acids is 1. The maximum Gasteiger partial charge on any atom is 0.270 e. The monoisotopic (exact) mass is 340 g/mol. The molecule has 1 amide bonds. The Balaban J connectivity index is 1.63. The summed E-state index contributed by atoms with van der Waals surface area (Å²) in [6, 6.07) is 15.3. The van der Waals surface area contributed by atoms with Crippen LogP contribution in [0, 0.1) is 16.0 Å². The van der Waals surface area contributed by atoms with Crippen LogP contribution < -0.4 is 0 Å². The maximum absolute atomic E-state index is 12.6. The first kappa shape index (κ1) is 17.1. The number of likely N-dealkylation sites (tertiary alicyclic amines) is 1. The Hall–Kier alpha value is -2.73. The van der Waals surface area contributed by atoms with Crippen molar-refractivity contribution in [1.82, 2.24) is 4.90 Å². The molecule has 0 bridgehead atoms. The molecule has 1 aliphatic rings. The molecule has 1 saturated heterocycles. The van der Waals surface area contributed by atoms with Crippen molar-refractivity contribution in [1.29, 1.82) is 0 Å². The van der Waals surface area contributed by atoms with Crippen LogP contribution in [-0.4, -0.2) is 33.9 Å². The van der Waals surface area contributed by atoms with Crippen LogP contribution >= 0.6 is 0 Å². The molecule has 1 unspecified atom stereocenters. The van der Waals surface area contributed by atoms with Gasteiger partial charge >= 0.3 is 0 Å². The number of aliphatic hydroxyl groups excluding tert-OH is 1. The number of aliphatic hydroxyl groups is 1. The number of hydrogen-bond donors (Lipinski definition) is 1. The number of carbonyl (C=O) groups is 1. The second-order valence-electron chi connectivity index (χ2n) is 6.29. The molecule has 0 saturated carbocycles. The van der Waals surface area contributed by atoms with Crippen molar-refractivity contribution in [2.45, 2.75) is 18.9 Å². The van der Waals surface area contributed by atoms with Crippen molar-refractivity contribution in [2.75, 3.05) is 13.1 Å². The summed E-state index contributed by atoms with van der Waals surface area (Å²) in [5, 5.41) is 21.4. The number of nitro groups is 1. The summed E-state index contributed by atoms with van der Waals surface area (Å²) in [7, 11) is 0. The maximum atomic E-state index is 12.6. The number of benzene rings is 2. The van der Waals surface area contributed by atoms with Crippen molar-refractivity contribution in [3.05, 3.63) is 75.8 Å². The highest BCUT2D eigenvalue weighted by Gasteiger charge is 2.29. The fourth-order valence-corrected chi connectivity index (χ4v) is 3.28. The first-order valence-electron chi connectivity index (χ1n) is 8.33. The lowest BCUT2D eigenvalue weighted by Crippen LogP contribution is -2.39. The molecule has 130 valence electrons. The Morgan fingerprint density at radius 1 is 1.12 bits per heavy atom. The molecule has 6 heteroatoms. The van der Waals surface area contributed by atoms with Crippen LogP contribution in [0.3, 0.4) is 0 Å². The first-order chi connectivity index (χ1) is 12.1. The molecular formula is C19H20N2O4. The molecule has 1 N–H and O–H groups in total. The summed E-state index contributed by atoms with van der Waals surface area (Å²) in [6.07, 6.45) is 0.879. The normalized spacial score (nSPS) is 16.4. The molecule has 0 radical (unpaired) electrons. The van der Waals surface area contributed by atoms with E-state index in [1.807, 2.05) is 30.3 Å². The average molecular weight is 340 g/mol. The van der Waals surface area contributed by atoms with E-state index in [0.717, 1.165) is 5.56 Å². The lowest BCUT2D eigenvalue weighted by Gasteiger charge is -2.34. The molecule has 25 heavy (non-hydrogen) atoms. The van der Waals surface area contributed by atoms with Gasteiger partial charge in [0.2, 0.25) is 0 Å². The van der Waals surface area contributed by atoms with Gasteiger partial charge in [-0.15, -0.1) is 0 Å². The van der Waals surface area contributed by atoms with E-state index in [2.05, 4.69) is 0 Å². The molecular weight excluding hydrogens is 320 g/mol. The minimum absolute atomic E-state index is 0.0831. The van der Waals surface area contributed by atoms with Crippen LogP contribution in [0.2, 0.25) is 0 Å². The molecule has 3 rings (SSSR count). The number of nitrogens with zero attached hydrogens (tertiary/aromatic N) is 2. The zero-order valence-corrected chi connectivity index (χ0v) is 13.7. The highest BCUT2D eigenvalue weighted by Crippen LogP contribution is 2.31. The minimum atomic E-state index is -0.531. The minimum Gasteiger partial charge on any atom is -0.388 e. The number of rotatable bonds is 4. The lowest BCUT2D eigenvalue weighted by atomic mass is 9.87. The van der Waals surface area contributed by atoms with Gasteiger partial charge in [-0.25, -0.2) is 0 Å². The number of nitro benzene ring substituents is 1. The van der Waals surface area contributed by atoms with E-state index < -0.39 is 11.0 Å². The third-order valence-electron chi connectivity index (χ3n) is 4.72. The Labute approximate surface area is 145 Å². The molecule has 6 nitrogen and oxygen atoms in total. The third-order valence-corrected chi connectivity index (χ3v) is 4.72. The molecule has 0 aromatic heterocycles. The van der Waals surface area contributed by atoms with E-state index in [0.29, 0.717) is 31.5 Å². The Kier molecular flexibility index (Phi) is 5.09. The summed E-state index contributed by atoms with van der Waals surface area (Å²) in [5.41, 5.74) is 1.14. The van der Waals surface area contributed by atoms with Gasteiger partial charge in [-0.05, 0) is 30.4 Å². The molecule has 1 heterocycles. The van der Waals surface area contributed by atoms with Crippen molar-refractivity contribution in [3.63, 3.8) is 0 Å². The third kappa shape index (κ3) is 3.85. The summed E-state index contributed by atoms with van der Waals surface area (Å²) in [5.74, 6) is -0.0899. The summed E-state index contributed by atoms with van der Waals surface area (Å²) < 4.78 is 0. The predicted octanol–water partition coefficient (Wildman–Crippen LogP) is 3.18. The Morgan fingerprint density at radius 2 is 1.80 bits per heavy atom. The Bertz CT molecular complexity index is 755. The van der Waals surface area contributed by atoms with Crippen LogP contribution in [0.15, 0.2) is 54.6 Å². The van der Waals surface area contributed by atoms with E-state index >= 15 is 0 Å². The van der Waals surface area contributed by atoms with Crippen LogP contribution in [0.1, 0.15) is 34.9 Å². The van der Waals surface area contributed by atoms with Crippen molar-refractivity contribution in [2.24, 2.45) is 5.92 Å². The number of piperidine rings is 1. The van der Waals surface area contributed by atoms with Crippen molar-refractivity contribution < 1.29 is 14.8 Å². The van der Waals surface area contributed by atoms with E-state index in [4.69, 9.17) is 0 Å². The number of non-ortho nitro benzene ring substituents is 1. The fourth-order valence-electron chi connectivity index (χ4n) is 3.28. The number of hydrogen-bond acceptors (Lipinski definition) is 4. The van der Waals surface area contributed by atoms with Gasteiger partial charge in [-0.2, -0.15) is 0 Å². The molecule has 1 fully saturated rings. The summed E-state index contributed by atoms with van der Waals surface area (Å²) >= 11 is 0. The van der Waals surface area contributed by atoms with Crippen LogP contribution in [0.25, 0.3) is 0 Å². The Morgan fingerprint density at radius 3 is 2.44 bits per heavy atom. The van der Waals surface area contributed by atoms with Gasteiger partial charge in [0, 0.05) is 30.8 Å². The molecule has 2 aromatic carbocycles. The summed E-state index contributed by atoms with van der Waals surface area (Å²) in [4.78, 5) is 24.6. The predicted molar refractivity (Wildman–Crippen MR) is 93.1 cm³/mol. The first-order valence-corrected chi connectivity index (χ1v) is 8.33. The van der Waals surface area contributed by atoms with Crippen LogP contribution in [0.5, 0.6) is 0 Å². The molecule has 0 spiro atoms. The molecule has 2 aromatic rings. The highest BCUT2D eigenvalue weighted by molar-refractivity contribution is 5.94. The van der Waals surface area contributed by atoms with Gasteiger partial charge in [0.1, 0.15) is 0 Å². The zero-order chi connectivity index (χ0) is 17.8. The molecule has 1 atom stereocenters. The van der Waals surface area contributed by atoms with Gasteiger partial charge in [0.25, 0.3) is 11.6 Å². The average Bonchev–Trinajstić information content (AvgIpc) is 2.67. The van der Waals surface area contributed by atoms with Gasteiger partial charge in [-0.3, -0.25) is 14.9 Å². The fraction of sp³-hybridized carbons (Fsp3) is 0.316. The van der Waals surface area contributed by atoms with Gasteiger partial charge in [-0.1, -0.05) is 36.4 Å². The lowest BCUT2D eigenvalue weighted by molar-refractivity contribution is -0.384. The van der Waals surface area contributed by atoms with Gasteiger partial charge in [0.05, 0.1) is 11.0 Å². The number of amides is 1. The standard InChI is InChI=1S/C19H20N2O4/c22-18(14-5-2-1-3-6-14)15-9-11-20(12-10-15)19(23)16-7-4-8-17(13-16)21(24)25/h1-8,13,15,18,22H,9-12H2. The van der Waals surface area contributed by atoms with Crippen LogP contribution in [0.4, 0.5) is 5.69 Å². The van der Waals surface area contributed by atoms with Crippen molar-refractivity contribution >= 4 is 11.6 Å². The second kappa shape index (κ2) is 7.44. The quantitative estimate of drug-likeness (QED) is 0.684. The van der Waals surface area contributed by atoms with E-state index in [1.165, 1.54) is 18.2 Å². The zero-order valence-electron chi connectivity index (χ0n) is 13.7. The molecule has 1 aliphatic heterocycles. The molecule has 0 aliphatic carbocycles. The smallest absolute Gasteiger partial charge is 0.270 e. The largest absolute Gasteiger partial charge is 0.388 e. The summed E-state index contributed by atoms with van der Waals surface area (Å²) in [6.45, 7) is 1.08. The van der Waals surface area contributed by atoms with Gasteiger partial charge < -0.3 is 10.0 Å². The second-order valence-corrected chi connectivity index (χ2v) is 6.29. The van der Waals surface area contributed by atoms with E-state index in [1.54, 1.807) is 11.0 Å². The SMILES string of the molecule is O=C(c1cccc([N+](=O)[O-])c1)N1CCC(C(O)c2ccccc2)CC1.